The van der Waals surface area contributed by atoms with Crippen LogP contribution in [0.5, 0.6) is 0 Å². The highest BCUT2D eigenvalue weighted by atomic mass is 16.2. The van der Waals surface area contributed by atoms with E-state index in [4.69, 9.17) is 0 Å². The SMILES string of the molecule is C=CCCC(=O)N1CCC[C@@H](c2nccn2CC2CCC2)C1. The molecule has 1 aliphatic carbocycles. The van der Waals surface area contributed by atoms with Crippen LogP contribution >= 0.6 is 0 Å². The summed E-state index contributed by atoms with van der Waals surface area (Å²) in [4.78, 5) is 18.9. The number of allylic oxidation sites excluding steroid dienone is 1. The van der Waals surface area contributed by atoms with Gasteiger partial charge in [-0.2, -0.15) is 0 Å². The average Bonchev–Trinajstić information content (AvgIpc) is 2.97. The topological polar surface area (TPSA) is 38.1 Å². The number of piperidine rings is 1. The van der Waals surface area contributed by atoms with Gasteiger partial charge in [-0.3, -0.25) is 4.79 Å². The molecule has 0 radical (unpaired) electrons. The number of aromatic nitrogens is 2. The van der Waals surface area contributed by atoms with Gasteiger partial charge in [-0.15, -0.1) is 6.58 Å². The summed E-state index contributed by atoms with van der Waals surface area (Å²) in [7, 11) is 0. The van der Waals surface area contributed by atoms with E-state index >= 15 is 0 Å². The Balaban J connectivity index is 1.63. The van der Waals surface area contributed by atoms with Crippen LogP contribution in [-0.2, 0) is 11.3 Å². The molecule has 2 aliphatic rings. The first kappa shape index (κ1) is 15.3. The lowest BCUT2D eigenvalue weighted by molar-refractivity contribution is -0.132. The largest absolute Gasteiger partial charge is 0.342 e. The summed E-state index contributed by atoms with van der Waals surface area (Å²) in [5.74, 6) is 2.69. The van der Waals surface area contributed by atoms with Crippen molar-refractivity contribution in [3.8, 4) is 0 Å². The molecule has 1 saturated heterocycles. The maximum Gasteiger partial charge on any atom is 0.222 e. The molecule has 1 saturated carbocycles. The van der Waals surface area contributed by atoms with Crippen LogP contribution in [0.15, 0.2) is 25.0 Å². The van der Waals surface area contributed by atoms with Crippen LogP contribution in [0.1, 0.15) is 56.7 Å². The number of amides is 1. The second-order valence-electron chi connectivity index (χ2n) is 6.74. The van der Waals surface area contributed by atoms with E-state index in [1.807, 2.05) is 17.2 Å². The van der Waals surface area contributed by atoms with E-state index in [9.17, 15) is 4.79 Å². The molecule has 3 rings (SSSR count). The highest BCUT2D eigenvalue weighted by Gasteiger charge is 2.28. The number of hydrogen-bond acceptors (Lipinski definition) is 2. The molecule has 2 heterocycles. The Morgan fingerprint density at radius 2 is 2.23 bits per heavy atom. The number of carbonyl (C=O) groups excluding carboxylic acids is 1. The zero-order chi connectivity index (χ0) is 15.4. The van der Waals surface area contributed by atoms with Crippen molar-refractivity contribution in [3.63, 3.8) is 0 Å². The third kappa shape index (κ3) is 3.42. The molecule has 1 amide bonds. The van der Waals surface area contributed by atoms with E-state index in [0.717, 1.165) is 44.8 Å². The Morgan fingerprint density at radius 1 is 1.36 bits per heavy atom. The van der Waals surface area contributed by atoms with E-state index < -0.39 is 0 Å². The summed E-state index contributed by atoms with van der Waals surface area (Å²) >= 11 is 0. The predicted molar refractivity (Wildman–Crippen MR) is 87.6 cm³/mol. The predicted octanol–water partition coefficient (Wildman–Crippen LogP) is 3.36. The molecule has 22 heavy (non-hydrogen) atoms. The number of imidazole rings is 1. The van der Waals surface area contributed by atoms with Gasteiger partial charge in [0.15, 0.2) is 0 Å². The normalized spacial score (nSPS) is 22.4. The van der Waals surface area contributed by atoms with E-state index in [1.54, 1.807) is 0 Å². The molecular weight excluding hydrogens is 274 g/mol. The van der Waals surface area contributed by atoms with Gasteiger partial charge in [0.2, 0.25) is 5.91 Å². The Morgan fingerprint density at radius 3 is 2.95 bits per heavy atom. The first-order valence-electron chi connectivity index (χ1n) is 8.67. The standard InChI is InChI=1S/C18H27N3O/c1-2-3-9-17(22)20-11-5-8-16(14-20)18-19-10-12-21(18)13-15-6-4-7-15/h2,10,12,15-16H,1,3-9,11,13-14H2/t16-/m1/s1. The van der Waals surface area contributed by atoms with Crippen molar-refractivity contribution in [2.75, 3.05) is 13.1 Å². The molecule has 0 unspecified atom stereocenters. The zero-order valence-electron chi connectivity index (χ0n) is 13.4. The molecular formula is C18H27N3O. The van der Waals surface area contributed by atoms with Crippen LogP contribution < -0.4 is 0 Å². The third-order valence-corrected chi connectivity index (χ3v) is 5.13. The van der Waals surface area contributed by atoms with Gasteiger partial charge in [0, 0.05) is 44.4 Å². The molecule has 1 aromatic heterocycles. The molecule has 0 spiro atoms. The minimum atomic E-state index is 0.265. The molecule has 0 bridgehead atoms. The Hall–Kier alpha value is -1.58. The van der Waals surface area contributed by atoms with Gasteiger partial charge in [-0.05, 0) is 38.0 Å². The molecule has 4 nitrogen and oxygen atoms in total. The first-order chi connectivity index (χ1) is 10.8. The lowest BCUT2D eigenvalue weighted by Gasteiger charge is -2.33. The van der Waals surface area contributed by atoms with Crippen molar-refractivity contribution in [2.45, 2.75) is 57.4 Å². The maximum atomic E-state index is 12.2. The highest BCUT2D eigenvalue weighted by Crippen LogP contribution is 2.31. The lowest BCUT2D eigenvalue weighted by Crippen LogP contribution is -2.39. The monoisotopic (exact) mass is 301 g/mol. The van der Waals surface area contributed by atoms with Gasteiger partial charge in [-0.25, -0.2) is 4.98 Å². The third-order valence-electron chi connectivity index (χ3n) is 5.13. The molecule has 4 heteroatoms. The summed E-state index contributed by atoms with van der Waals surface area (Å²) in [5.41, 5.74) is 0. The second kappa shape index (κ2) is 7.12. The van der Waals surface area contributed by atoms with Crippen LogP contribution in [-0.4, -0.2) is 33.4 Å². The summed E-state index contributed by atoms with van der Waals surface area (Å²) in [6, 6.07) is 0. The molecule has 1 atom stereocenters. The van der Waals surface area contributed by atoms with Gasteiger partial charge < -0.3 is 9.47 Å². The number of nitrogens with zero attached hydrogens (tertiary/aromatic N) is 3. The molecule has 2 fully saturated rings. The molecule has 0 N–H and O–H groups in total. The van der Waals surface area contributed by atoms with Crippen LogP contribution in [0.3, 0.4) is 0 Å². The van der Waals surface area contributed by atoms with Crippen LogP contribution in [0, 0.1) is 5.92 Å². The first-order valence-corrected chi connectivity index (χ1v) is 8.67. The smallest absolute Gasteiger partial charge is 0.222 e. The van der Waals surface area contributed by atoms with Crippen LogP contribution in [0.4, 0.5) is 0 Å². The summed E-state index contributed by atoms with van der Waals surface area (Å²) in [6.07, 6.45) is 13.5. The maximum absolute atomic E-state index is 12.2. The van der Waals surface area contributed by atoms with Crippen LogP contribution in [0.25, 0.3) is 0 Å². The fourth-order valence-electron chi connectivity index (χ4n) is 3.59. The van der Waals surface area contributed by atoms with Crippen molar-refractivity contribution in [1.29, 1.82) is 0 Å². The van der Waals surface area contributed by atoms with Crippen molar-refractivity contribution in [1.82, 2.24) is 14.5 Å². The lowest BCUT2D eigenvalue weighted by atomic mass is 9.85. The molecule has 1 aliphatic heterocycles. The molecule has 0 aromatic carbocycles. The van der Waals surface area contributed by atoms with Crippen molar-refractivity contribution < 1.29 is 4.79 Å². The van der Waals surface area contributed by atoms with Crippen molar-refractivity contribution >= 4 is 5.91 Å². The fourth-order valence-corrected chi connectivity index (χ4v) is 3.59. The van der Waals surface area contributed by atoms with Gasteiger partial charge in [0.1, 0.15) is 5.82 Å². The van der Waals surface area contributed by atoms with Gasteiger partial charge in [0.25, 0.3) is 0 Å². The quantitative estimate of drug-likeness (QED) is 0.756. The van der Waals surface area contributed by atoms with Crippen LogP contribution in [0.2, 0.25) is 0 Å². The number of hydrogen-bond donors (Lipinski definition) is 0. The fraction of sp³-hybridized carbons (Fsp3) is 0.667. The van der Waals surface area contributed by atoms with E-state index in [2.05, 4.69) is 22.3 Å². The van der Waals surface area contributed by atoms with Crippen molar-refractivity contribution in [3.05, 3.63) is 30.9 Å². The number of rotatable bonds is 6. The van der Waals surface area contributed by atoms with Gasteiger partial charge in [-0.1, -0.05) is 12.5 Å². The highest BCUT2D eigenvalue weighted by molar-refractivity contribution is 5.76. The Labute approximate surface area is 133 Å². The van der Waals surface area contributed by atoms with E-state index in [1.165, 1.54) is 25.1 Å². The summed E-state index contributed by atoms with van der Waals surface area (Å²) in [5, 5.41) is 0. The van der Waals surface area contributed by atoms with E-state index in [-0.39, 0.29) is 5.91 Å². The average molecular weight is 301 g/mol. The summed E-state index contributed by atoms with van der Waals surface area (Å²) in [6.45, 7) is 6.54. The Kier molecular flexibility index (Phi) is 4.96. The number of carbonyl (C=O) groups is 1. The van der Waals surface area contributed by atoms with Gasteiger partial charge >= 0.3 is 0 Å². The number of likely N-dealkylation sites (tertiary alicyclic amines) is 1. The van der Waals surface area contributed by atoms with Gasteiger partial charge in [0.05, 0.1) is 0 Å². The minimum absolute atomic E-state index is 0.265. The Bertz CT molecular complexity index is 518. The zero-order valence-corrected chi connectivity index (χ0v) is 13.4. The molecule has 1 aromatic rings. The van der Waals surface area contributed by atoms with E-state index in [0.29, 0.717) is 12.3 Å². The second-order valence-corrected chi connectivity index (χ2v) is 6.74. The molecule has 120 valence electrons. The summed E-state index contributed by atoms with van der Waals surface area (Å²) < 4.78 is 2.34. The minimum Gasteiger partial charge on any atom is -0.342 e. The van der Waals surface area contributed by atoms with Crippen molar-refractivity contribution in [2.24, 2.45) is 5.92 Å².